The lowest BCUT2D eigenvalue weighted by Crippen LogP contribution is -2.13. The standard InChI is InChI=1S/C15H10ClN5O2S/c16-11-6-4-9(5-7-11)14-19-20-13(17-18-15(20)24-14)10-2-1-3-12(8-10)21(22)23/h1-8,14,19H/t14-/m0/s1. The van der Waals surface area contributed by atoms with Crippen LogP contribution < -0.4 is 5.43 Å². The highest BCUT2D eigenvalue weighted by Gasteiger charge is 2.28. The predicted molar refractivity (Wildman–Crippen MR) is 91.5 cm³/mol. The van der Waals surface area contributed by atoms with Gasteiger partial charge in [0.25, 0.3) is 5.69 Å². The third-order valence-electron chi connectivity index (χ3n) is 3.59. The van der Waals surface area contributed by atoms with E-state index in [0.29, 0.717) is 21.6 Å². The smallest absolute Gasteiger partial charge is 0.270 e. The molecule has 2 aromatic carbocycles. The highest BCUT2D eigenvalue weighted by Crippen LogP contribution is 2.40. The van der Waals surface area contributed by atoms with Gasteiger partial charge in [-0.25, -0.2) is 4.68 Å². The van der Waals surface area contributed by atoms with Crippen molar-refractivity contribution in [1.29, 1.82) is 0 Å². The Morgan fingerprint density at radius 3 is 2.75 bits per heavy atom. The summed E-state index contributed by atoms with van der Waals surface area (Å²) in [7, 11) is 0. The van der Waals surface area contributed by atoms with Crippen LogP contribution in [0.4, 0.5) is 5.69 Å². The van der Waals surface area contributed by atoms with Gasteiger partial charge in [0.15, 0.2) is 5.82 Å². The van der Waals surface area contributed by atoms with Crippen LogP contribution in [0, 0.1) is 10.1 Å². The lowest BCUT2D eigenvalue weighted by molar-refractivity contribution is -0.384. The number of benzene rings is 2. The fraction of sp³-hybridized carbons (Fsp3) is 0.0667. The van der Waals surface area contributed by atoms with Crippen molar-refractivity contribution in [3.05, 3.63) is 69.2 Å². The Kier molecular flexibility index (Phi) is 3.62. The van der Waals surface area contributed by atoms with Gasteiger partial charge in [-0.05, 0) is 17.7 Å². The van der Waals surface area contributed by atoms with Gasteiger partial charge in [0.1, 0.15) is 5.37 Å². The number of non-ortho nitro benzene ring substituents is 1. The number of nitrogens with one attached hydrogen (secondary N) is 1. The normalized spacial score (nSPS) is 15.8. The average Bonchev–Trinajstić information content (AvgIpc) is 3.16. The fourth-order valence-corrected chi connectivity index (χ4v) is 3.56. The molecule has 1 atom stereocenters. The second-order valence-electron chi connectivity index (χ2n) is 5.13. The van der Waals surface area contributed by atoms with Crippen LogP contribution in [0.5, 0.6) is 0 Å². The van der Waals surface area contributed by atoms with Crippen LogP contribution in [-0.4, -0.2) is 19.8 Å². The molecule has 0 amide bonds. The van der Waals surface area contributed by atoms with Crippen LogP contribution in [0.2, 0.25) is 5.02 Å². The molecule has 0 bridgehead atoms. The zero-order valence-corrected chi connectivity index (χ0v) is 13.7. The largest absolute Gasteiger partial charge is 0.304 e. The summed E-state index contributed by atoms with van der Waals surface area (Å²) in [5, 5.41) is 20.6. The van der Waals surface area contributed by atoms with Gasteiger partial charge in [0.05, 0.1) is 4.92 Å². The van der Waals surface area contributed by atoms with Gasteiger partial charge in [0, 0.05) is 22.7 Å². The molecular weight excluding hydrogens is 350 g/mol. The minimum Gasteiger partial charge on any atom is -0.304 e. The van der Waals surface area contributed by atoms with Crippen LogP contribution in [-0.2, 0) is 0 Å². The molecule has 0 saturated heterocycles. The topological polar surface area (TPSA) is 85.9 Å². The Morgan fingerprint density at radius 2 is 2.00 bits per heavy atom. The zero-order chi connectivity index (χ0) is 16.7. The van der Waals surface area contributed by atoms with Crippen molar-refractivity contribution in [3.63, 3.8) is 0 Å². The van der Waals surface area contributed by atoms with E-state index in [9.17, 15) is 10.1 Å². The molecule has 120 valence electrons. The molecule has 0 fully saturated rings. The number of nitro benzene ring substituents is 1. The lowest BCUT2D eigenvalue weighted by atomic mass is 10.2. The maximum Gasteiger partial charge on any atom is 0.270 e. The van der Waals surface area contributed by atoms with Gasteiger partial charge in [-0.1, -0.05) is 47.6 Å². The molecule has 3 aromatic rings. The molecule has 4 rings (SSSR count). The van der Waals surface area contributed by atoms with Gasteiger partial charge in [-0.2, -0.15) is 0 Å². The summed E-state index contributed by atoms with van der Waals surface area (Å²) in [5.41, 5.74) is 5.01. The van der Waals surface area contributed by atoms with Crippen molar-refractivity contribution < 1.29 is 4.92 Å². The second-order valence-corrected chi connectivity index (χ2v) is 6.64. The molecule has 24 heavy (non-hydrogen) atoms. The summed E-state index contributed by atoms with van der Waals surface area (Å²) < 4.78 is 1.75. The first kappa shape index (κ1) is 15.0. The van der Waals surface area contributed by atoms with Crippen LogP contribution in [0.15, 0.2) is 53.7 Å². The molecule has 1 aromatic heterocycles. The predicted octanol–water partition coefficient (Wildman–Crippen LogP) is 3.85. The number of thioether (sulfide) groups is 1. The van der Waals surface area contributed by atoms with E-state index in [1.807, 2.05) is 24.3 Å². The Labute approximate surface area is 145 Å². The first-order chi connectivity index (χ1) is 11.6. The van der Waals surface area contributed by atoms with E-state index in [0.717, 1.165) is 5.56 Å². The van der Waals surface area contributed by atoms with E-state index in [-0.39, 0.29) is 11.1 Å². The summed E-state index contributed by atoms with van der Waals surface area (Å²) >= 11 is 7.44. The highest BCUT2D eigenvalue weighted by atomic mass is 35.5. The molecule has 2 heterocycles. The molecule has 0 radical (unpaired) electrons. The van der Waals surface area contributed by atoms with E-state index < -0.39 is 4.92 Å². The summed E-state index contributed by atoms with van der Waals surface area (Å²) in [6.07, 6.45) is 0. The highest BCUT2D eigenvalue weighted by molar-refractivity contribution is 7.99. The van der Waals surface area contributed by atoms with Gasteiger partial charge in [0.2, 0.25) is 5.16 Å². The Hall–Kier alpha value is -2.58. The van der Waals surface area contributed by atoms with Crippen molar-refractivity contribution in [2.75, 3.05) is 5.43 Å². The van der Waals surface area contributed by atoms with Crippen LogP contribution in [0.3, 0.4) is 0 Å². The van der Waals surface area contributed by atoms with E-state index >= 15 is 0 Å². The van der Waals surface area contributed by atoms with Crippen molar-refractivity contribution in [1.82, 2.24) is 14.9 Å². The minimum absolute atomic E-state index is 0.0183. The molecule has 1 aliphatic heterocycles. The van der Waals surface area contributed by atoms with Crippen LogP contribution in [0.1, 0.15) is 10.9 Å². The van der Waals surface area contributed by atoms with Crippen molar-refractivity contribution in [2.45, 2.75) is 10.5 Å². The molecule has 0 aliphatic carbocycles. The summed E-state index contributed by atoms with van der Waals surface area (Å²) in [6.45, 7) is 0. The molecule has 0 unspecified atom stereocenters. The lowest BCUT2D eigenvalue weighted by Gasteiger charge is -2.12. The van der Waals surface area contributed by atoms with E-state index in [4.69, 9.17) is 11.6 Å². The average molecular weight is 360 g/mol. The molecule has 0 spiro atoms. The Bertz CT molecular complexity index is 928. The SMILES string of the molecule is O=[N+]([O-])c1cccc(-c2nnc3n2N[C@H](c2ccc(Cl)cc2)S3)c1. The van der Waals surface area contributed by atoms with Gasteiger partial charge in [-0.3, -0.25) is 10.1 Å². The zero-order valence-electron chi connectivity index (χ0n) is 12.1. The number of hydrogen-bond donors (Lipinski definition) is 1. The maximum atomic E-state index is 11.0. The van der Waals surface area contributed by atoms with Crippen molar-refractivity contribution >= 4 is 29.1 Å². The van der Waals surface area contributed by atoms with Gasteiger partial charge < -0.3 is 5.43 Å². The number of fused-ring (bicyclic) bond motifs is 1. The molecule has 1 N–H and O–H groups in total. The number of halogens is 1. The minimum atomic E-state index is -0.427. The molecular formula is C15H10ClN5O2S. The number of rotatable bonds is 3. The number of hydrogen-bond acceptors (Lipinski definition) is 6. The molecule has 1 aliphatic rings. The first-order valence-corrected chi connectivity index (χ1v) is 8.26. The molecule has 7 nitrogen and oxygen atoms in total. The monoisotopic (exact) mass is 359 g/mol. The summed E-state index contributed by atoms with van der Waals surface area (Å²) in [4.78, 5) is 10.5. The van der Waals surface area contributed by atoms with E-state index in [1.54, 1.807) is 16.8 Å². The van der Waals surface area contributed by atoms with E-state index in [1.165, 1.54) is 23.9 Å². The Morgan fingerprint density at radius 1 is 1.21 bits per heavy atom. The molecule has 9 heteroatoms. The third kappa shape index (κ3) is 2.59. The van der Waals surface area contributed by atoms with Gasteiger partial charge >= 0.3 is 0 Å². The van der Waals surface area contributed by atoms with Gasteiger partial charge in [-0.15, -0.1) is 10.2 Å². The van der Waals surface area contributed by atoms with Crippen molar-refractivity contribution in [2.24, 2.45) is 0 Å². The number of nitrogens with zero attached hydrogens (tertiary/aromatic N) is 4. The van der Waals surface area contributed by atoms with E-state index in [2.05, 4.69) is 15.6 Å². The number of nitro groups is 1. The maximum absolute atomic E-state index is 11.0. The third-order valence-corrected chi connectivity index (χ3v) is 4.93. The summed E-state index contributed by atoms with van der Waals surface area (Å²) in [5.74, 6) is 0.540. The first-order valence-electron chi connectivity index (χ1n) is 7.01. The quantitative estimate of drug-likeness (QED) is 0.564. The Balaban J connectivity index is 1.66. The van der Waals surface area contributed by atoms with Crippen molar-refractivity contribution in [3.8, 4) is 11.4 Å². The second kappa shape index (κ2) is 5.81. The van der Waals surface area contributed by atoms with Crippen LogP contribution in [0.25, 0.3) is 11.4 Å². The summed E-state index contributed by atoms with van der Waals surface area (Å²) in [6, 6.07) is 13.9. The number of aromatic nitrogens is 3. The van der Waals surface area contributed by atoms with Crippen LogP contribution >= 0.6 is 23.4 Å². The fourth-order valence-electron chi connectivity index (χ4n) is 2.44. The molecule has 0 saturated carbocycles.